The summed E-state index contributed by atoms with van der Waals surface area (Å²) in [6.45, 7) is 0. The summed E-state index contributed by atoms with van der Waals surface area (Å²) in [6.07, 6.45) is 3.81. The number of nitrogen functional groups attached to an aromatic ring is 1. The highest BCUT2D eigenvalue weighted by Crippen LogP contribution is 2.24. The molecule has 0 aliphatic rings. The minimum atomic E-state index is 0.726. The van der Waals surface area contributed by atoms with Gasteiger partial charge in [-0.25, -0.2) is 4.98 Å². The van der Waals surface area contributed by atoms with E-state index in [1.807, 2.05) is 48.1 Å². The molecule has 3 rings (SSSR count). The molecule has 3 aromatic rings. The lowest BCUT2D eigenvalue weighted by atomic mass is 10.1. The van der Waals surface area contributed by atoms with Crippen LogP contribution in [-0.2, 0) is 0 Å². The lowest BCUT2D eigenvalue weighted by molar-refractivity contribution is 1.19. The zero-order chi connectivity index (χ0) is 12.5. The van der Waals surface area contributed by atoms with Crippen molar-refractivity contribution in [2.24, 2.45) is 0 Å². The maximum atomic E-state index is 5.75. The average molecular weight is 238 g/mol. The van der Waals surface area contributed by atoms with Crippen molar-refractivity contribution in [2.75, 3.05) is 18.1 Å². The maximum Gasteiger partial charge on any atom is 0.139 e. The number of hydrogen-bond donors (Lipinski definition) is 2. The average Bonchev–Trinajstić information content (AvgIpc) is 2.81. The van der Waals surface area contributed by atoms with E-state index >= 15 is 0 Å². The smallest absolute Gasteiger partial charge is 0.139 e. The molecule has 3 N–H and O–H groups in total. The van der Waals surface area contributed by atoms with Crippen molar-refractivity contribution in [1.29, 1.82) is 0 Å². The molecular weight excluding hydrogens is 224 g/mol. The fourth-order valence-corrected chi connectivity index (χ4v) is 2.04. The number of nitrogens with two attached hydrogens (primary N) is 1. The molecule has 0 unspecified atom stereocenters. The number of hydrogen-bond acceptors (Lipinski definition) is 3. The summed E-state index contributed by atoms with van der Waals surface area (Å²) < 4.78 is 2.03. The summed E-state index contributed by atoms with van der Waals surface area (Å²) in [6, 6.07) is 12.0. The largest absolute Gasteiger partial charge is 0.399 e. The van der Waals surface area contributed by atoms with Crippen LogP contribution in [0.25, 0.3) is 16.9 Å². The van der Waals surface area contributed by atoms with E-state index in [1.165, 1.54) is 0 Å². The third-order valence-electron chi connectivity index (χ3n) is 2.98. The summed E-state index contributed by atoms with van der Waals surface area (Å²) in [5, 5.41) is 3.14. The molecule has 0 fully saturated rings. The van der Waals surface area contributed by atoms with Crippen LogP contribution in [0.3, 0.4) is 0 Å². The van der Waals surface area contributed by atoms with Gasteiger partial charge in [0.25, 0.3) is 0 Å². The van der Waals surface area contributed by atoms with E-state index in [-0.39, 0.29) is 0 Å². The van der Waals surface area contributed by atoms with Gasteiger partial charge in [0.2, 0.25) is 0 Å². The third kappa shape index (κ3) is 1.68. The SMILES string of the molecule is CNc1cccc(-c2cnc3cc(N)ccn23)c1. The van der Waals surface area contributed by atoms with Crippen LogP contribution in [0.1, 0.15) is 0 Å². The molecular formula is C14H14N4. The molecule has 0 saturated heterocycles. The zero-order valence-electron chi connectivity index (χ0n) is 10.1. The molecule has 0 amide bonds. The topological polar surface area (TPSA) is 55.3 Å². The Morgan fingerprint density at radius 3 is 2.94 bits per heavy atom. The van der Waals surface area contributed by atoms with Gasteiger partial charge in [-0.15, -0.1) is 0 Å². The van der Waals surface area contributed by atoms with Crippen LogP contribution in [0.15, 0.2) is 48.8 Å². The number of fused-ring (bicyclic) bond motifs is 1. The molecule has 0 saturated carbocycles. The number of anilines is 2. The molecule has 2 heterocycles. The molecule has 0 aliphatic heterocycles. The van der Waals surface area contributed by atoms with Gasteiger partial charge in [0.05, 0.1) is 11.9 Å². The normalized spacial score (nSPS) is 10.7. The Kier molecular flexibility index (Phi) is 2.41. The Bertz CT molecular complexity index is 700. The molecule has 0 aliphatic carbocycles. The van der Waals surface area contributed by atoms with Crippen molar-refractivity contribution in [3.8, 4) is 11.3 Å². The first-order valence-corrected chi connectivity index (χ1v) is 5.79. The summed E-state index contributed by atoms with van der Waals surface area (Å²) in [7, 11) is 1.91. The van der Waals surface area contributed by atoms with Gasteiger partial charge in [0, 0.05) is 36.2 Å². The molecule has 2 aromatic heterocycles. The molecule has 0 bridgehead atoms. The molecule has 0 radical (unpaired) electrons. The van der Waals surface area contributed by atoms with Gasteiger partial charge in [0.15, 0.2) is 0 Å². The fourth-order valence-electron chi connectivity index (χ4n) is 2.04. The van der Waals surface area contributed by atoms with Gasteiger partial charge >= 0.3 is 0 Å². The predicted octanol–water partition coefficient (Wildman–Crippen LogP) is 2.63. The number of rotatable bonds is 2. The molecule has 4 nitrogen and oxygen atoms in total. The number of imidazole rings is 1. The number of benzene rings is 1. The Morgan fingerprint density at radius 2 is 2.11 bits per heavy atom. The van der Waals surface area contributed by atoms with Crippen LogP contribution < -0.4 is 11.1 Å². The maximum absolute atomic E-state index is 5.75. The second-order valence-corrected chi connectivity index (χ2v) is 4.16. The Hall–Kier alpha value is -2.49. The highest BCUT2D eigenvalue weighted by Gasteiger charge is 2.06. The number of aromatic nitrogens is 2. The first kappa shape index (κ1) is 10.7. The van der Waals surface area contributed by atoms with Crippen molar-refractivity contribution in [1.82, 2.24) is 9.38 Å². The first-order chi connectivity index (χ1) is 8.78. The Morgan fingerprint density at radius 1 is 1.22 bits per heavy atom. The zero-order valence-corrected chi connectivity index (χ0v) is 10.1. The van der Waals surface area contributed by atoms with Gasteiger partial charge in [-0.1, -0.05) is 12.1 Å². The van der Waals surface area contributed by atoms with E-state index in [0.717, 1.165) is 28.3 Å². The summed E-state index contributed by atoms with van der Waals surface area (Å²) in [4.78, 5) is 4.37. The van der Waals surface area contributed by atoms with Crippen LogP contribution >= 0.6 is 0 Å². The van der Waals surface area contributed by atoms with E-state index in [1.54, 1.807) is 0 Å². The van der Waals surface area contributed by atoms with Gasteiger partial charge in [-0.2, -0.15) is 0 Å². The van der Waals surface area contributed by atoms with Crippen LogP contribution in [-0.4, -0.2) is 16.4 Å². The van der Waals surface area contributed by atoms with Crippen molar-refractivity contribution < 1.29 is 0 Å². The van der Waals surface area contributed by atoms with Gasteiger partial charge < -0.3 is 11.1 Å². The summed E-state index contributed by atoms with van der Waals surface area (Å²) in [5.74, 6) is 0. The number of pyridine rings is 1. The first-order valence-electron chi connectivity index (χ1n) is 5.79. The van der Waals surface area contributed by atoms with Crippen molar-refractivity contribution in [3.63, 3.8) is 0 Å². The molecule has 90 valence electrons. The van der Waals surface area contributed by atoms with E-state index in [4.69, 9.17) is 5.73 Å². The highest BCUT2D eigenvalue weighted by molar-refractivity contribution is 5.68. The second-order valence-electron chi connectivity index (χ2n) is 4.16. The van der Waals surface area contributed by atoms with Crippen molar-refractivity contribution >= 4 is 17.0 Å². The van der Waals surface area contributed by atoms with Crippen LogP contribution in [0.2, 0.25) is 0 Å². The van der Waals surface area contributed by atoms with Gasteiger partial charge in [-0.05, 0) is 18.2 Å². The molecule has 1 aromatic carbocycles. The fraction of sp³-hybridized carbons (Fsp3) is 0.0714. The quantitative estimate of drug-likeness (QED) is 0.721. The predicted molar refractivity (Wildman–Crippen MR) is 74.6 cm³/mol. The Balaban J connectivity index is 2.19. The standard InChI is InChI=1S/C14H14N4/c1-16-12-4-2-3-10(7-12)13-9-17-14-8-11(15)5-6-18(13)14/h2-9,16H,15H2,1H3. The van der Waals surface area contributed by atoms with E-state index in [2.05, 4.69) is 22.4 Å². The van der Waals surface area contributed by atoms with E-state index in [9.17, 15) is 0 Å². The van der Waals surface area contributed by atoms with E-state index in [0.29, 0.717) is 0 Å². The molecule has 18 heavy (non-hydrogen) atoms. The van der Waals surface area contributed by atoms with Crippen molar-refractivity contribution in [3.05, 3.63) is 48.8 Å². The number of nitrogens with zero attached hydrogens (tertiary/aromatic N) is 2. The second kappa shape index (κ2) is 4.07. The molecule has 0 atom stereocenters. The van der Waals surface area contributed by atoms with Gasteiger partial charge in [0.1, 0.15) is 5.65 Å². The lowest BCUT2D eigenvalue weighted by Gasteiger charge is -2.05. The molecule has 4 heteroatoms. The minimum Gasteiger partial charge on any atom is -0.399 e. The van der Waals surface area contributed by atoms with Crippen LogP contribution in [0, 0.1) is 0 Å². The summed E-state index contributed by atoms with van der Waals surface area (Å²) in [5.41, 5.74) is 10.6. The molecule has 0 spiro atoms. The van der Waals surface area contributed by atoms with Crippen LogP contribution in [0.5, 0.6) is 0 Å². The van der Waals surface area contributed by atoms with Gasteiger partial charge in [-0.3, -0.25) is 4.40 Å². The Labute approximate surface area is 105 Å². The summed E-state index contributed by atoms with van der Waals surface area (Å²) >= 11 is 0. The third-order valence-corrected chi connectivity index (χ3v) is 2.98. The van der Waals surface area contributed by atoms with E-state index < -0.39 is 0 Å². The van der Waals surface area contributed by atoms with Crippen LogP contribution in [0.4, 0.5) is 11.4 Å². The highest BCUT2D eigenvalue weighted by atomic mass is 15.0. The minimum absolute atomic E-state index is 0.726. The number of nitrogens with one attached hydrogen (secondary N) is 1. The monoisotopic (exact) mass is 238 g/mol. The lowest BCUT2D eigenvalue weighted by Crippen LogP contribution is -1.92. The van der Waals surface area contributed by atoms with Crippen molar-refractivity contribution in [2.45, 2.75) is 0 Å².